The van der Waals surface area contributed by atoms with E-state index in [1.54, 1.807) is 7.11 Å². The zero-order chi connectivity index (χ0) is 22.1. The van der Waals surface area contributed by atoms with Crippen LogP contribution in [0.2, 0.25) is 0 Å². The molecule has 31 heavy (non-hydrogen) atoms. The lowest BCUT2D eigenvalue weighted by Crippen LogP contribution is -2.42. The van der Waals surface area contributed by atoms with Crippen molar-refractivity contribution in [2.75, 3.05) is 53.6 Å². The summed E-state index contributed by atoms with van der Waals surface area (Å²) in [5.74, 6) is 1.35. The largest absolute Gasteiger partial charge is 0.493 e. The quantitative estimate of drug-likeness (QED) is 0.594. The van der Waals surface area contributed by atoms with Crippen molar-refractivity contribution in [3.8, 4) is 11.5 Å². The Balaban J connectivity index is 1.51. The van der Waals surface area contributed by atoms with Gasteiger partial charge in [0.15, 0.2) is 11.5 Å². The maximum atomic E-state index is 10.3. The number of aryl methyl sites for hydroxylation is 1. The van der Waals surface area contributed by atoms with Crippen LogP contribution in [0.3, 0.4) is 0 Å². The lowest BCUT2D eigenvalue weighted by atomic mass is 10.1. The molecule has 2 aromatic carbocycles. The molecule has 0 aromatic heterocycles. The Bertz CT molecular complexity index is 791. The number of morpholine rings is 1. The van der Waals surface area contributed by atoms with Gasteiger partial charge in [-0.05, 0) is 42.3 Å². The number of nitrogens with zero attached hydrogens (tertiary/aromatic N) is 2. The van der Waals surface area contributed by atoms with Crippen LogP contribution in [0.1, 0.15) is 23.6 Å². The molecule has 0 saturated carbocycles. The molecule has 2 aromatic rings. The van der Waals surface area contributed by atoms with Crippen LogP contribution in [-0.2, 0) is 24.2 Å². The molecule has 1 aliphatic rings. The van der Waals surface area contributed by atoms with E-state index < -0.39 is 6.10 Å². The first-order chi connectivity index (χ1) is 15.1. The molecule has 1 fully saturated rings. The third-order valence-electron chi connectivity index (χ3n) is 5.57. The Labute approximate surface area is 186 Å². The Hall–Kier alpha value is -2.12. The standard InChI is InChI=1S/C25H36N2O4/c1-4-20-5-7-21(8-6-20)16-26(2)17-22-9-10-24(25(15-22)29-3)31-19-23(28)18-27-11-13-30-14-12-27/h5-10,15,23,28H,4,11-14,16-19H2,1-3H3. The van der Waals surface area contributed by atoms with Crippen molar-refractivity contribution < 1.29 is 19.3 Å². The van der Waals surface area contributed by atoms with Gasteiger partial charge in [-0.15, -0.1) is 0 Å². The van der Waals surface area contributed by atoms with Crippen molar-refractivity contribution in [1.82, 2.24) is 9.80 Å². The Morgan fingerprint density at radius 3 is 2.32 bits per heavy atom. The van der Waals surface area contributed by atoms with Crippen LogP contribution in [0.15, 0.2) is 42.5 Å². The summed E-state index contributed by atoms with van der Waals surface area (Å²) in [6.45, 7) is 7.85. The summed E-state index contributed by atoms with van der Waals surface area (Å²) in [6.07, 6.45) is 0.516. The molecule has 1 saturated heterocycles. The first-order valence-electron chi connectivity index (χ1n) is 11.1. The van der Waals surface area contributed by atoms with Gasteiger partial charge in [-0.2, -0.15) is 0 Å². The van der Waals surface area contributed by atoms with Crippen molar-refractivity contribution in [2.24, 2.45) is 0 Å². The van der Waals surface area contributed by atoms with Gasteiger partial charge in [0.05, 0.1) is 20.3 Å². The van der Waals surface area contributed by atoms with Gasteiger partial charge in [0.2, 0.25) is 0 Å². The van der Waals surface area contributed by atoms with Crippen molar-refractivity contribution in [3.63, 3.8) is 0 Å². The van der Waals surface area contributed by atoms with E-state index in [0.29, 0.717) is 18.0 Å². The molecule has 170 valence electrons. The topological polar surface area (TPSA) is 54.4 Å². The van der Waals surface area contributed by atoms with Crippen LogP contribution < -0.4 is 9.47 Å². The van der Waals surface area contributed by atoms with E-state index in [0.717, 1.165) is 51.4 Å². The molecule has 0 aliphatic carbocycles. The fourth-order valence-corrected chi connectivity index (χ4v) is 3.81. The Kier molecular flexibility index (Phi) is 9.15. The molecule has 6 heteroatoms. The zero-order valence-corrected chi connectivity index (χ0v) is 19.0. The van der Waals surface area contributed by atoms with Crippen LogP contribution >= 0.6 is 0 Å². The maximum absolute atomic E-state index is 10.3. The van der Waals surface area contributed by atoms with Crippen LogP contribution in [0.5, 0.6) is 11.5 Å². The number of methoxy groups -OCH3 is 1. The second kappa shape index (κ2) is 12.1. The molecule has 1 heterocycles. The van der Waals surface area contributed by atoms with Crippen molar-refractivity contribution in [1.29, 1.82) is 0 Å². The molecule has 0 amide bonds. The van der Waals surface area contributed by atoms with Crippen LogP contribution in [0.4, 0.5) is 0 Å². The lowest BCUT2D eigenvalue weighted by molar-refractivity contribution is 0.00445. The SMILES string of the molecule is CCc1ccc(CN(C)Cc2ccc(OCC(O)CN3CCOCC3)c(OC)c2)cc1. The predicted octanol–water partition coefficient (Wildman–Crippen LogP) is 2.96. The molecule has 3 rings (SSSR count). The average molecular weight is 429 g/mol. The molecule has 0 radical (unpaired) electrons. The van der Waals surface area contributed by atoms with Gasteiger partial charge in [0, 0.05) is 32.7 Å². The van der Waals surface area contributed by atoms with Gasteiger partial charge < -0.3 is 19.3 Å². The minimum absolute atomic E-state index is 0.237. The van der Waals surface area contributed by atoms with Gasteiger partial charge in [-0.25, -0.2) is 0 Å². The molecule has 0 bridgehead atoms. The number of β-amino-alcohol motifs (C(OH)–C–C–N with tert-alkyl or cyclic N) is 1. The number of benzene rings is 2. The van der Waals surface area contributed by atoms with Gasteiger partial charge in [0.1, 0.15) is 12.7 Å². The third kappa shape index (κ3) is 7.51. The highest BCUT2D eigenvalue weighted by molar-refractivity contribution is 5.43. The number of aliphatic hydroxyl groups excluding tert-OH is 1. The summed E-state index contributed by atoms with van der Waals surface area (Å²) in [5.41, 5.74) is 3.83. The second-order valence-electron chi connectivity index (χ2n) is 8.21. The highest BCUT2D eigenvalue weighted by atomic mass is 16.5. The Morgan fingerprint density at radius 2 is 1.65 bits per heavy atom. The molecule has 0 spiro atoms. The summed E-state index contributed by atoms with van der Waals surface area (Å²) in [5, 5.41) is 10.3. The summed E-state index contributed by atoms with van der Waals surface area (Å²) in [6, 6.07) is 14.8. The summed E-state index contributed by atoms with van der Waals surface area (Å²) in [7, 11) is 3.77. The molecular weight excluding hydrogens is 392 g/mol. The van der Waals surface area contributed by atoms with E-state index in [1.165, 1.54) is 11.1 Å². The highest BCUT2D eigenvalue weighted by Gasteiger charge is 2.16. The molecule has 6 nitrogen and oxygen atoms in total. The normalized spacial score (nSPS) is 15.8. The molecular formula is C25H36N2O4. The number of ether oxygens (including phenoxy) is 3. The third-order valence-corrected chi connectivity index (χ3v) is 5.57. The summed E-state index contributed by atoms with van der Waals surface area (Å²) >= 11 is 0. The summed E-state index contributed by atoms with van der Waals surface area (Å²) < 4.78 is 16.8. The number of aliphatic hydroxyl groups is 1. The molecule has 1 unspecified atom stereocenters. The van der Waals surface area contributed by atoms with Crippen LogP contribution in [0, 0.1) is 0 Å². The van der Waals surface area contributed by atoms with E-state index in [4.69, 9.17) is 14.2 Å². The molecule has 1 N–H and O–H groups in total. The van der Waals surface area contributed by atoms with Crippen LogP contribution in [-0.4, -0.2) is 74.6 Å². The predicted molar refractivity (Wildman–Crippen MR) is 123 cm³/mol. The number of hydrogen-bond donors (Lipinski definition) is 1. The summed E-state index contributed by atoms with van der Waals surface area (Å²) in [4.78, 5) is 4.48. The smallest absolute Gasteiger partial charge is 0.161 e. The molecule has 1 aliphatic heterocycles. The fourth-order valence-electron chi connectivity index (χ4n) is 3.81. The fraction of sp³-hybridized carbons (Fsp3) is 0.520. The zero-order valence-electron chi connectivity index (χ0n) is 19.0. The van der Waals surface area contributed by atoms with Gasteiger partial charge in [-0.3, -0.25) is 9.80 Å². The molecule has 1 atom stereocenters. The highest BCUT2D eigenvalue weighted by Crippen LogP contribution is 2.29. The van der Waals surface area contributed by atoms with Gasteiger partial charge in [0.25, 0.3) is 0 Å². The minimum atomic E-state index is -0.548. The second-order valence-corrected chi connectivity index (χ2v) is 8.21. The van der Waals surface area contributed by atoms with Gasteiger partial charge >= 0.3 is 0 Å². The lowest BCUT2D eigenvalue weighted by Gasteiger charge is -2.28. The minimum Gasteiger partial charge on any atom is -0.493 e. The van der Waals surface area contributed by atoms with E-state index in [9.17, 15) is 5.11 Å². The first kappa shape index (κ1) is 23.5. The number of hydrogen-bond acceptors (Lipinski definition) is 6. The maximum Gasteiger partial charge on any atom is 0.161 e. The number of rotatable bonds is 11. The average Bonchev–Trinajstić information content (AvgIpc) is 2.79. The van der Waals surface area contributed by atoms with Crippen molar-refractivity contribution in [3.05, 3.63) is 59.2 Å². The van der Waals surface area contributed by atoms with Crippen molar-refractivity contribution in [2.45, 2.75) is 32.5 Å². The van der Waals surface area contributed by atoms with E-state index in [1.807, 2.05) is 12.1 Å². The Morgan fingerprint density at radius 1 is 1.00 bits per heavy atom. The van der Waals surface area contributed by atoms with E-state index >= 15 is 0 Å². The van der Waals surface area contributed by atoms with E-state index in [-0.39, 0.29) is 6.61 Å². The first-order valence-corrected chi connectivity index (χ1v) is 11.1. The van der Waals surface area contributed by atoms with Crippen molar-refractivity contribution >= 4 is 0 Å². The monoisotopic (exact) mass is 428 g/mol. The van der Waals surface area contributed by atoms with E-state index in [2.05, 4.69) is 54.1 Å². The van der Waals surface area contributed by atoms with Crippen LogP contribution in [0.25, 0.3) is 0 Å². The van der Waals surface area contributed by atoms with Gasteiger partial charge in [-0.1, -0.05) is 37.3 Å².